The average Bonchev–Trinajstić information content (AvgIpc) is 3.35. The molecule has 0 fully saturated rings. The summed E-state index contributed by atoms with van der Waals surface area (Å²) in [5.41, 5.74) is 0.348. The number of anilines is 1. The Morgan fingerprint density at radius 3 is 2.77 bits per heavy atom. The Bertz CT molecular complexity index is 1400. The van der Waals surface area contributed by atoms with Crippen LogP contribution in [0.25, 0.3) is 11.0 Å². The standard InChI is InChI=1S/C20H10BrN3O5S/c21-11-4-5-14-13(9-11)17(25)15-16(10-2-1-3-12(8-10)24(27)28)23(19(26)18(15)29-14)20-22-6-7-30-20/h1-9,16H/t16-/m0/s1. The monoisotopic (exact) mass is 483 g/mol. The molecular formula is C20H10BrN3O5S. The van der Waals surface area contributed by atoms with E-state index in [9.17, 15) is 19.7 Å². The molecule has 0 N–H and O–H groups in total. The van der Waals surface area contributed by atoms with Crippen LogP contribution in [0, 0.1) is 10.1 Å². The number of nitro groups is 1. The molecule has 1 amide bonds. The van der Waals surface area contributed by atoms with Crippen LogP contribution in [-0.2, 0) is 0 Å². The summed E-state index contributed by atoms with van der Waals surface area (Å²) in [6.45, 7) is 0. The van der Waals surface area contributed by atoms with Gasteiger partial charge in [0.15, 0.2) is 10.6 Å². The topological polar surface area (TPSA) is 107 Å². The second-order valence-corrected chi connectivity index (χ2v) is 8.35. The molecule has 0 bridgehead atoms. The number of amides is 1. The predicted octanol–water partition coefficient (Wildman–Crippen LogP) is 4.67. The van der Waals surface area contributed by atoms with Gasteiger partial charge in [-0.25, -0.2) is 4.98 Å². The molecule has 148 valence electrons. The average molecular weight is 484 g/mol. The van der Waals surface area contributed by atoms with Crippen LogP contribution in [0.5, 0.6) is 0 Å². The van der Waals surface area contributed by atoms with Gasteiger partial charge < -0.3 is 4.42 Å². The molecule has 0 unspecified atom stereocenters. The van der Waals surface area contributed by atoms with E-state index in [0.717, 1.165) is 0 Å². The Morgan fingerprint density at radius 2 is 2.03 bits per heavy atom. The second kappa shape index (κ2) is 6.85. The molecule has 0 saturated heterocycles. The minimum Gasteiger partial charge on any atom is -0.450 e. The first-order valence-corrected chi connectivity index (χ1v) is 10.4. The minimum atomic E-state index is -0.891. The molecule has 0 aliphatic carbocycles. The largest absolute Gasteiger partial charge is 0.450 e. The molecule has 2 aromatic heterocycles. The van der Waals surface area contributed by atoms with Crippen molar-refractivity contribution in [3.8, 4) is 0 Å². The van der Waals surface area contributed by atoms with Crippen LogP contribution in [-0.4, -0.2) is 15.8 Å². The van der Waals surface area contributed by atoms with E-state index >= 15 is 0 Å². The fourth-order valence-electron chi connectivity index (χ4n) is 3.60. The molecule has 1 aliphatic rings. The van der Waals surface area contributed by atoms with E-state index in [-0.39, 0.29) is 28.0 Å². The maximum atomic E-state index is 13.4. The third-order valence-corrected chi connectivity index (χ3v) is 6.12. The number of fused-ring (bicyclic) bond motifs is 2. The van der Waals surface area contributed by atoms with E-state index < -0.39 is 16.9 Å². The summed E-state index contributed by atoms with van der Waals surface area (Å²) in [6, 6.07) is 9.95. The van der Waals surface area contributed by atoms with Gasteiger partial charge >= 0.3 is 0 Å². The summed E-state index contributed by atoms with van der Waals surface area (Å²) in [5, 5.41) is 13.7. The van der Waals surface area contributed by atoms with Crippen molar-refractivity contribution < 1.29 is 14.1 Å². The highest BCUT2D eigenvalue weighted by Crippen LogP contribution is 2.42. The summed E-state index contributed by atoms with van der Waals surface area (Å²) in [4.78, 5) is 43.1. The molecule has 4 aromatic rings. The number of carbonyl (C=O) groups is 1. The van der Waals surface area contributed by atoms with Crippen molar-refractivity contribution in [3.05, 3.63) is 95.7 Å². The zero-order chi connectivity index (χ0) is 21.0. The van der Waals surface area contributed by atoms with Gasteiger partial charge in [0.25, 0.3) is 11.6 Å². The summed E-state index contributed by atoms with van der Waals surface area (Å²) in [7, 11) is 0. The Morgan fingerprint density at radius 1 is 1.20 bits per heavy atom. The molecule has 0 saturated carbocycles. The van der Waals surface area contributed by atoms with Crippen molar-refractivity contribution in [2.75, 3.05) is 4.90 Å². The minimum absolute atomic E-state index is 0.0819. The van der Waals surface area contributed by atoms with Crippen molar-refractivity contribution in [1.82, 2.24) is 4.98 Å². The van der Waals surface area contributed by atoms with Crippen LogP contribution in [0.1, 0.15) is 27.7 Å². The SMILES string of the molecule is O=C1c2oc3ccc(Br)cc3c(=O)c2[C@H](c2cccc([N+](=O)[O-])c2)N1c1nccs1. The third kappa shape index (κ3) is 2.76. The van der Waals surface area contributed by atoms with Crippen LogP contribution in [0.3, 0.4) is 0 Å². The third-order valence-electron chi connectivity index (χ3n) is 4.85. The maximum absolute atomic E-state index is 13.4. The van der Waals surface area contributed by atoms with Gasteiger partial charge in [-0.3, -0.25) is 24.6 Å². The lowest BCUT2D eigenvalue weighted by atomic mass is 9.98. The number of benzene rings is 2. The molecule has 0 radical (unpaired) electrons. The van der Waals surface area contributed by atoms with Crippen molar-refractivity contribution in [1.29, 1.82) is 0 Å². The lowest BCUT2D eigenvalue weighted by Crippen LogP contribution is -2.29. The lowest BCUT2D eigenvalue weighted by Gasteiger charge is -2.22. The first kappa shape index (κ1) is 18.6. The summed E-state index contributed by atoms with van der Waals surface area (Å²) in [5.74, 6) is -0.597. The zero-order valence-corrected chi connectivity index (χ0v) is 17.3. The van der Waals surface area contributed by atoms with Crippen LogP contribution in [0.2, 0.25) is 0 Å². The first-order valence-electron chi connectivity index (χ1n) is 8.69. The van der Waals surface area contributed by atoms with E-state index in [0.29, 0.717) is 20.6 Å². The van der Waals surface area contributed by atoms with E-state index in [1.807, 2.05) is 0 Å². The van der Waals surface area contributed by atoms with E-state index in [1.54, 1.807) is 35.8 Å². The Kier molecular flexibility index (Phi) is 4.26. The molecule has 5 rings (SSSR count). The highest BCUT2D eigenvalue weighted by molar-refractivity contribution is 9.10. The van der Waals surface area contributed by atoms with E-state index in [2.05, 4.69) is 20.9 Å². The fraction of sp³-hybridized carbons (Fsp3) is 0.0500. The van der Waals surface area contributed by atoms with Gasteiger partial charge in [0, 0.05) is 28.2 Å². The van der Waals surface area contributed by atoms with Crippen molar-refractivity contribution in [2.45, 2.75) is 6.04 Å². The van der Waals surface area contributed by atoms with Crippen LogP contribution in [0.4, 0.5) is 10.8 Å². The number of thiazole rings is 1. The highest BCUT2D eigenvalue weighted by Gasteiger charge is 2.45. The van der Waals surface area contributed by atoms with E-state index in [4.69, 9.17) is 4.42 Å². The number of carbonyl (C=O) groups excluding carboxylic acids is 1. The van der Waals surface area contributed by atoms with Gasteiger partial charge in [0.2, 0.25) is 5.76 Å². The summed E-state index contributed by atoms with van der Waals surface area (Å²) < 4.78 is 6.53. The summed E-state index contributed by atoms with van der Waals surface area (Å²) in [6.07, 6.45) is 1.55. The number of hydrogen-bond donors (Lipinski definition) is 0. The quantitative estimate of drug-likeness (QED) is 0.309. The fourth-order valence-corrected chi connectivity index (χ4v) is 4.63. The van der Waals surface area contributed by atoms with Crippen molar-refractivity contribution >= 4 is 55.0 Å². The number of non-ortho nitro benzene ring substituents is 1. The van der Waals surface area contributed by atoms with Gasteiger partial charge in [-0.1, -0.05) is 28.1 Å². The van der Waals surface area contributed by atoms with Gasteiger partial charge in [-0.05, 0) is 23.8 Å². The number of rotatable bonds is 3. The Hall–Kier alpha value is -3.37. The van der Waals surface area contributed by atoms with Crippen LogP contribution >= 0.6 is 27.3 Å². The number of nitrogens with zero attached hydrogens (tertiary/aromatic N) is 3. The van der Waals surface area contributed by atoms with Crippen LogP contribution in [0.15, 0.2) is 67.7 Å². The molecule has 2 aromatic carbocycles. The zero-order valence-electron chi connectivity index (χ0n) is 14.9. The predicted molar refractivity (Wildman–Crippen MR) is 114 cm³/mol. The normalized spacial score (nSPS) is 15.6. The Labute approximate surface area is 180 Å². The second-order valence-electron chi connectivity index (χ2n) is 6.56. The molecular weight excluding hydrogens is 474 g/mol. The summed E-state index contributed by atoms with van der Waals surface area (Å²) >= 11 is 4.57. The molecule has 0 spiro atoms. The maximum Gasteiger partial charge on any atom is 0.297 e. The molecule has 30 heavy (non-hydrogen) atoms. The molecule has 1 aliphatic heterocycles. The van der Waals surface area contributed by atoms with Gasteiger partial charge in [0.05, 0.1) is 21.9 Å². The number of nitro benzene ring substituents is 1. The Balaban J connectivity index is 1.83. The highest BCUT2D eigenvalue weighted by atomic mass is 79.9. The van der Waals surface area contributed by atoms with Gasteiger partial charge in [-0.15, -0.1) is 11.3 Å². The van der Waals surface area contributed by atoms with Gasteiger partial charge in [0.1, 0.15) is 5.58 Å². The van der Waals surface area contributed by atoms with E-state index in [1.165, 1.54) is 34.4 Å². The van der Waals surface area contributed by atoms with Crippen molar-refractivity contribution in [2.24, 2.45) is 0 Å². The lowest BCUT2D eigenvalue weighted by molar-refractivity contribution is -0.384. The molecule has 3 heterocycles. The van der Waals surface area contributed by atoms with Gasteiger partial charge in [-0.2, -0.15) is 0 Å². The number of hydrogen-bond acceptors (Lipinski definition) is 7. The van der Waals surface area contributed by atoms with Crippen LogP contribution < -0.4 is 10.3 Å². The van der Waals surface area contributed by atoms with Crippen molar-refractivity contribution in [3.63, 3.8) is 0 Å². The molecule has 1 atom stereocenters. The molecule has 10 heteroatoms. The molecule has 8 nitrogen and oxygen atoms in total. The smallest absolute Gasteiger partial charge is 0.297 e. The number of halogens is 1. The first-order chi connectivity index (χ1) is 14.5. The number of aromatic nitrogens is 1.